The molecule has 1 atom stereocenters. The lowest BCUT2D eigenvalue weighted by Crippen LogP contribution is -2.17. The molecule has 30 heavy (non-hydrogen) atoms. The Balaban J connectivity index is 1.52. The van der Waals surface area contributed by atoms with Crippen molar-refractivity contribution in [2.24, 2.45) is 0 Å². The number of amides is 1. The van der Waals surface area contributed by atoms with Gasteiger partial charge in [0.15, 0.2) is 9.84 Å². The van der Waals surface area contributed by atoms with E-state index in [1.54, 1.807) is 36.4 Å². The molecule has 0 saturated heterocycles. The second-order valence-corrected chi connectivity index (χ2v) is 9.39. The van der Waals surface area contributed by atoms with Crippen LogP contribution < -0.4 is 10.6 Å². The van der Waals surface area contributed by atoms with E-state index in [1.165, 1.54) is 5.56 Å². The van der Waals surface area contributed by atoms with Crippen LogP contribution in [0.15, 0.2) is 83.8 Å². The number of carbonyl (C=O) groups is 1. The minimum absolute atomic E-state index is 0.0960. The highest BCUT2D eigenvalue weighted by Crippen LogP contribution is 2.21. The van der Waals surface area contributed by atoms with Gasteiger partial charge in [0.25, 0.3) is 0 Å². The van der Waals surface area contributed by atoms with E-state index in [-0.39, 0.29) is 29.0 Å². The van der Waals surface area contributed by atoms with Crippen LogP contribution in [-0.2, 0) is 14.6 Å². The van der Waals surface area contributed by atoms with Gasteiger partial charge in [0, 0.05) is 23.8 Å². The van der Waals surface area contributed by atoms with Crippen LogP contribution in [0.3, 0.4) is 0 Å². The predicted octanol–water partition coefficient (Wildman–Crippen LogP) is 4.97. The quantitative estimate of drug-likeness (QED) is 0.537. The number of hydrogen-bond donors (Lipinski definition) is 2. The highest BCUT2D eigenvalue weighted by Gasteiger charge is 2.16. The zero-order valence-corrected chi connectivity index (χ0v) is 17.9. The van der Waals surface area contributed by atoms with Gasteiger partial charge in [-0.2, -0.15) is 0 Å². The molecule has 0 heterocycles. The fraction of sp³-hybridized carbons (Fsp3) is 0.208. The van der Waals surface area contributed by atoms with Crippen LogP contribution in [0, 0.1) is 6.92 Å². The third kappa shape index (κ3) is 5.94. The van der Waals surface area contributed by atoms with E-state index in [9.17, 15) is 13.2 Å². The van der Waals surface area contributed by atoms with E-state index >= 15 is 0 Å². The van der Waals surface area contributed by atoms with Crippen molar-refractivity contribution < 1.29 is 13.2 Å². The Kier molecular flexibility index (Phi) is 6.90. The van der Waals surface area contributed by atoms with E-state index in [0.717, 1.165) is 11.3 Å². The van der Waals surface area contributed by atoms with Gasteiger partial charge in [-0.15, -0.1) is 0 Å². The van der Waals surface area contributed by atoms with Crippen molar-refractivity contribution in [1.29, 1.82) is 0 Å². The number of carbonyl (C=O) groups excluding carboxylic acids is 1. The highest BCUT2D eigenvalue weighted by atomic mass is 32.2. The summed E-state index contributed by atoms with van der Waals surface area (Å²) in [7, 11) is -3.48. The number of sulfone groups is 1. The van der Waals surface area contributed by atoms with Gasteiger partial charge in [-0.05, 0) is 55.8 Å². The number of rotatable bonds is 8. The van der Waals surface area contributed by atoms with Crippen molar-refractivity contribution in [3.05, 3.63) is 90.0 Å². The summed E-state index contributed by atoms with van der Waals surface area (Å²) in [6.45, 7) is 3.98. The molecule has 1 unspecified atom stereocenters. The Morgan fingerprint density at radius 3 is 2.10 bits per heavy atom. The smallest absolute Gasteiger partial charge is 0.225 e. The molecule has 0 fully saturated rings. The topological polar surface area (TPSA) is 75.3 Å². The Hall–Kier alpha value is -3.12. The summed E-state index contributed by atoms with van der Waals surface area (Å²) < 4.78 is 24.8. The summed E-state index contributed by atoms with van der Waals surface area (Å²) in [5.74, 6) is -0.556. The molecule has 0 aromatic heterocycles. The third-order valence-electron chi connectivity index (χ3n) is 4.83. The maximum atomic E-state index is 12.4. The molecule has 0 bridgehead atoms. The molecule has 0 radical (unpaired) electrons. The number of aryl methyl sites for hydroxylation is 1. The van der Waals surface area contributed by atoms with E-state index in [2.05, 4.69) is 29.7 Å². The van der Waals surface area contributed by atoms with Crippen molar-refractivity contribution in [2.75, 3.05) is 16.4 Å². The normalized spacial score (nSPS) is 12.2. The van der Waals surface area contributed by atoms with Crippen molar-refractivity contribution in [3.63, 3.8) is 0 Å². The first-order valence-corrected chi connectivity index (χ1v) is 11.5. The SMILES string of the molecule is Cc1ccc(S(=O)(=O)CCC(=O)Nc2ccc(NC(C)c3ccccc3)cc2)cc1. The average molecular weight is 423 g/mol. The molecule has 0 aliphatic heterocycles. The molecule has 5 nitrogen and oxygen atoms in total. The second kappa shape index (κ2) is 9.59. The second-order valence-electron chi connectivity index (χ2n) is 7.28. The molecule has 0 aliphatic rings. The summed E-state index contributed by atoms with van der Waals surface area (Å²) in [6.07, 6.45) is -0.0960. The first-order chi connectivity index (χ1) is 14.3. The van der Waals surface area contributed by atoms with Crippen LogP contribution in [0.4, 0.5) is 11.4 Å². The zero-order valence-electron chi connectivity index (χ0n) is 17.1. The van der Waals surface area contributed by atoms with Crippen LogP contribution in [0.5, 0.6) is 0 Å². The van der Waals surface area contributed by atoms with Crippen LogP contribution in [-0.4, -0.2) is 20.1 Å². The molecule has 156 valence electrons. The minimum atomic E-state index is -3.48. The third-order valence-corrected chi connectivity index (χ3v) is 6.56. The molecule has 3 aromatic carbocycles. The largest absolute Gasteiger partial charge is 0.379 e. The summed E-state index contributed by atoms with van der Waals surface area (Å²) in [4.78, 5) is 12.4. The molecule has 2 N–H and O–H groups in total. The predicted molar refractivity (Wildman–Crippen MR) is 121 cm³/mol. The Labute approximate surface area is 178 Å². The minimum Gasteiger partial charge on any atom is -0.379 e. The number of hydrogen-bond acceptors (Lipinski definition) is 4. The van der Waals surface area contributed by atoms with Gasteiger partial charge in [0.2, 0.25) is 5.91 Å². The zero-order chi connectivity index (χ0) is 21.6. The van der Waals surface area contributed by atoms with Crippen LogP contribution in [0.2, 0.25) is 0 Å². The van der Waals surface area contributed by atoms with Gasteiger partial charge >= 0.3 is 0 Å². The van der Waals surface area contributed by atoms with Gasteiger partial charge in [-0.25, -0.2) is 8.42 Å². The number of benzene rings is 3. The molecular weight excluding hydrogens is 396 g/mol. The maximum Gasteiger partial charge on any atom is 0.225 e. The molecule has 0 aliphatic carbocycles. The Bertz CT molecular complexity index is 1080. The fourth-order valence-corrected chi connectivity index (χ4v) is 4.28. The van der Waals surface area contributed by atoms with Gasteiger partial charge in [-0.1, -0.05) is 48.0 Å². The van der Waals surface area contributed by atoms with Crippen molar-refractivity contribution in [3.8, 4) is 0 Å². The van der Waals surface area contributed by atoms with E-state index < -0.39 is 9.84 Å². The van der Waals surface area contributed by atoms with Gasteiger partial charge < -0.3 is 10.6 Å². The summed E-state index contributed by atoms with van der Waals surface area (Å²) >= 11 is 0. The lowest BCUT2D eigenvalue weighted by atomic mass is 10.1. The average Bonchev–Trinajstić information content (AvgIpc) is 2.75. The van der Waals surface area contributed by atoms with Crippen molar-refractivity contribution in [1.82, 2.24) is 0 Å². The van der Waals surface area contributed by atoms with Crippen LogP contribution >= 0.6 is 0 Å². The van der Waals surface area contributed by atoms with E-state index in [0.29, 0.717) is 5.69 Å². The lowest BCUT2D eigenvalue weighted by Gasteiger charge is -2.16. The lowest BCUT2D eigenvalue weighted by molar-refractivity contribution is -0.115. The van der Waals surface area contributed by atoms with Crippen LogP contribution in [0.25, 0.3) is 0 Å². The Morgan fingerprint density at radius 1 is 0.867 bits per heavy atom. The summed E-state index contributed by atoms with van der Waals surface area (Å²) in [5.41, 5.74) is 3.74. The maximum absolute atomic E-state index is 12.4. The molecule has 0 saturated carbocycles. The van der Waals surface area contributed by atoms with Gasteiger partial charge in [-0.3, -0.25) is 4.79 Å². The molecule has 3 aromatic rings. The molecule has 0 spiro atoms. The monoisotopic (exact) mass is 422 g/mol. The van der Waals surface area contributed by atoms with Gasteiger partial charge in [0.05, 0.1) is 10.6 Å². The molecule has 3 rings (SSSR count). The number of nitrogens with one attached hydrogen (secondary N) is 2. The highest BCUT2D eigenvalue weighted by molar-refractivity contribution is 7.91. The molecular formula is C24H26N2O3S. The van der Waals surface area contributed by atoms with Gasteiger partial charge in [0.1, 0.15) is 0 Å². The summed E-state index contributed by atoms with van der Waals surface area (Å²) in [5, 5.41) is 6.17. The molecule has 6 heteroatoms. The van der Waals surface area contributed by atoms with E-state index in [1.807, 2.05) is 37.3 Å². The Morgan fingerprint density at radius 2 is 1.47 bits per heavy atom. The first kappa shape index (κ1) is 21.6. The van der Waals surface area contributed by atoms with Crippen molar-refractivity contribution >= 4 is 27.1 Å². The molecule has 1 amide bonds. The standard InChI is InChI=1S/C24H26N2O3S/c1-18-8-14-23(15-9-18)30(28,29)17-16-24(27)26-22-12-10-21(11-13-22)25-19(2)20-6-4-3-5-7-20/h3-15,19,25H,16-17H2,1-2H3,(H,26,27). The first-order valence-electron chi connectivity index (χ1n) is 9.84. The van der Waals surface area contributed by atoms with E-state index in [4.69, 9.17) is 0 Å². The van der Waals surface area contributed by atoms with Crippen molar-refractivity contribution in [2.45, 2.75) is 31.2 Å². The van der Waals surface area contributed by atoms with Crippen LogP contribution in [0.1, 0.15) is 30.5 Å². The fourth-order valence-electron chi connectivity index (χ4n) is 3.04. The summed E-state index contributed by atoms with van der Waals surface area (Å²) in [6, 6.07) is 24.3. The number of anilines is 2.